The largest absolute Gasteiger partial charge is 0.493 e. The molecule has 0 spiro atoms. The fourth-order valence-electron chi connectivity index (χ4n) is 2.94. The number of hydrogen-bond acceptors (Lipinski definition) is 4. The van der Waals surface area contributed by atoms with E-state index in [1.54, 1.807) is 7.05 Å². The van der Waals surface area contributed by atoms with Crippen molar-refractivity contribution in [3.63, 3.8) is 0 Å². The molecule has 1 aliphatic carbocycles. The molecule has 1 heterocycles. The maximum absolute atomic E-state index is 11.6. The topological polar surface area (TPSA) is 64.4 Å². The summed E-state index contributed by atoms with van der Waals surface area (Å²) in [6.07, 6.45) is 7.37. The summed E-state index contributed by atoms with van der Waals surface area (Å²) in [5, 5.41) is 6.67. The van der Waals surface area contributed by atoms with Gasteiger partial charge in [-0.05, 0) is 37.8 Å². The second kappa shape index (κ2) is 7.02. The average molecular weight is 318 g/mol. The molecule has 1 aromatic heterocycles. The molecule has 0 bridgehead atoms. The molecule has 2 atom stereocenters. The third-order valence-electron chi connectivity index (χ3n) is 4.34. The molecule has 0 radical (unpaired) electrons. The Labute approximate surface area is 137 Å². The number of aryl methyl sites for hydroxylation is 2. The number of hydrogen-bond donors (Lipinski definition) is 1. The summed E-state index contributed by atoms with van der Waals surface area (Å²) in [6.45, 7) is 8.64. The molecule has 126 valence electrons. The molecule has 1 aliphatic rings. The van der Waals surface area contributed by atoms with Crippen LogP contribution in [0.5, 0.6) is 0 Å². The number of nitrogens with one attached hydrogen (secondary N) is 1. The van der Waals surface area contributed by atoms with E-state index < -0.39 is 0 Å². The highest BCUT2D eigenvalue weighted by atomic mass is 16.5. The van der Waals surface area contributed by atoms with Crippen LogP contribution in [0.3, 0.4) is 0 Å². The Hall–Kier alpha value is -2.04. The van der Waals surface area contributed by atoms with Crippen molar-refractivity contribution in [2.45, 2.75) is 46.5 Å². The lowest BCUT2D eigenvalue weighted by Crippen LogP contribution is -2.27. The van der Waals surface area contributed by atoms with Crippen molar-refractivity contribution >= 4 is 5.91 Å². The maximum atomic E-state index is 11.6. The molecule has 0 fully saturated rings. The zero-order valence-electron chi connectivity index (χ0n) is 14.6. The summed E-state index contributed by atoms with van der Waals surface area (Å²) in [5.74, 6) is 1.99. The minimum absolute atomic E-state index is 0.0574. The number of allylic oxidation sites excluding steroid dienone is 3. The Morgan fingerprint density at radius 2 is 2.26 bits per heavy atom. The molecule has 2 unspecified atom stereocenters. The van der Waals surface area contributed by atoms with E-state index in [0.29, 0.717) is 13.0 Å². The zero-order valence-corrected chi connectivity index (χ0v) is 14.6. The second-order valence-electron chi connectivity index (χ2n) is 6.60. The van der Waals surface area contributed by atoms with Crippen LogP contribution in [-0.4, -0.2) is 24.7 Å². The van der Waals surface area contributed by atoms with Crippen molar-refractivity contribution in [3.05, 3.63) is 41.0 Å². The molecule has 5 nitrogen and oxygen atoms in total. The fourth-order valence-corrected chi connectivity index (χ4v) is 2.94. The zero-order chi connectivity index (χ0) is 17.0. The summed E-state index contributed by atoms with van der Waals surface area (Å²) in [7, 11) is 1.67. The van der Waals surface area contributed by atoms with E-state index in [9.17, 15) is 4.79 Å². The van der Waals surface area contributed by atoms with Gasteiger partial charge in [0.2, 0.25) is 5.91 Å². The lowest BCUT2D eigenvalue weighted by Gasteiger charge is -2.27. The van der Waals surface area contributed by atoms with Gasteiger partial charge < -0.3 is 14.6 Å². The molecular weight excluding hydrogens is 292 g/mol. The van der Waals surface area contributed by atoms with Crippen molar-refractivity contribution in [3.8, 4) is 0 Å². The fraction of sp³-hybridized carbons (Fsp3) is 0.556. The Kier molecular flexibility index (Phi) is 5.29. The van der Waals surface area contributed by atoms with Crippen LogP contribution in [0.2, 0.25) is 0 Å². The van der Waals surface area contributed by atoms with E-state index in [1.165, 1.54) is 0 Å². The SMILES string of the molecule is CNC(=O)CC1(C)C=CC(OCC(C)c2c(C)noc2C)=CC1. The quantitative estimate of drug-likeness (QED) is 0.873. The van der Waals surface area contributed by atoms with E-state index in [1.807, 2.05) is 19.9 Å². The van der Waals surface area contributed by atoms with Crippen molar-refractivity contribution in [1.82, 2.24) is 10.5 Å². The first-order valence-electron chi connectivity index (χ1n) is 8.00. The van der Waals surface area contributed by atoms with Crippen LogP contribution in [0, 0.1) is 19.3 Å². The molecule has 0 aromatic carbocycles. The summed E-state index contributed by atoms with van der Waals surface area (Å²) >= 11 is 0. The Morgan fingerprint density at radius 1 is 1.52 bits per heavy atom. The molecule has 1 N–H and O–H groups in total. The Bertz CT molecular complexity index is 611. The molecule has 2 rings (SSSR count). The van der Waals surface area contributed by atoms with Crippen molar-refractivity contribution in [2.24, 2.45) is 5.41 Å². The monoisotopic (exact) mass is 318 g/mol. The number of rotatable bonds is 6. The molecule has 1 aromatic rings. The van der Waals surface area contributed by atoms with Gasteiger partial charge in [0.1, 0.15) is 11.5 Å². The predicted octanol–water partition coefficient (Wildman–Crippen LogP) is 3.40. The summed E-state index contributed by atoms with van der Waals surface area (Å²) in [6, 6.07) is 0. The molecule has 0 saturated carbocycles. The number of ether oxygens (including phenoxy) is 1. The lowest BCUT2D eigenvalue weighted by molar-refractivity contribution is -0.122. The van der Waals surface area contributed by atoms with Gasteiger partial charge in [0.15, 0.2) is 0 Å². The number of amides is 1. The Balaban J connectivity index is 1.90. The van der Waals surface area contributed by atoms with Crippen LogP contribution in [-0.2, 0) is 9.53 Å². The highest BCUT2D eigenvalue weighted by Gasteiger charge is 2.26. The number of carbonyl (C=O) groups is 1. The molecule has 5 heteroatoms. The smallest absolute Gasteiger partial charge is 0.220 e. The molecular formula is C18H26N2O3. The van der Waals surface area contributed by atoms with Crippen LogP contribution in [0.4, 0.5) is 0 Å². The summed E-state index contributed by atoms with van der Waals surface area (Å²) < 4.78 is 11.1. The van der Waals surface area contributed by atoms with Gasteiger partial charge in [-0.25, -0.2) is 0 Å². The first kappa shape index (κ1) is 17.3. The molecule has 0 saturated heterocycles. The van der Waals surface area contributed by atoms with Gasteiger partial charge in [0.25, 0.3) is 0 Å². The van der Waals surface area contributed by atoms with Gasteiger partial charge in [-0.3, -0.25) is 4.79 Å². The summed E-state index contributed by atoms with van der Waals surface area (Å²) in [4.78, 5) is 11.6. The first-order chi connectivity index (χ1) is 10.8. The highest BCUT2D eigenvalue weighted by Crippen LogP contribution is 2.33. The van der Waals surface area contributed by atoms with Gasteiger partial charge in [0.05, 0.1) is 12.3 Å². The molecule has 0 aliphatic heterocycles. The van der Waals surface area contributed by atoms with Crippen molar-refractivity contribution < 1.29 is 14.1 Å². The normalized spacial score (nSPS) is 21.7. The number of aromatic nitrogens is 1. The van der Waals surface area contributed by atoms with Crippen LogP contribution in [0.25, 0.3) is 0 Å². The van der Waals surface area contributed by atoms with Crippen molar-refractivity contribution in [1.29, 1.82) is 0 Å². The van der Waals surface area contributed by atoms with E-state index >= 15 is 0 Å². The number of carbonyl (C=O) groups excluding carboxylic acids is 1. The van der Waals surface area contributed by atoms with Crippen LogP contribution >= 0.6 is 0 Å². The predicted molar refractivity (Wildman–Crippen MR) is 89.0 cm³/mol. The van der Waals surface area contributed by atoms with Gasteiger partial charge in [-0.2, -0.15) is 0 Å². The highest BCUT2D eigenvalue weighted by molar-refractivity contribution is 5.76. The average Bonchev–Trinajstić information content (AvgIpc) is 2.85. The molecule has 23 heavy (non-hydrogen) atoms. The minimum atomic E-state index is -0.139. The van der Waals surface area contributed by atoms with Crippen LogP contribution < -0.4 is 5.32 Å². The van der Waals surface area contributed by atoms with E-state index in [0.717, 1.165) is 29.2 Å². The molecule has 1 amide bonds. The lowest BCUT2D eigenvalue weighted by atomic mass is 9.80. The third kappa shape index (κ3) is 4.24. The van der Waals surface area contributed by atoms with Crippen LogP contribution in [0.1, 0.15) is 49.6 Å². The van der Waals surface area contributed by atoms with E-state index in [-0.39, 0.29) is 17.2 Å². The standard InChI is InChI=1S/C18H26N2O3/c1-12(17-13(2)20-23-14(17)3)11-22-15-6-8-18(4,9-7-15)10-16(21)19-5/h6-8,12H,9-11H2,1-5H3,(H,19,21). The van der Waals surface area contributed by atoms with Gasteiger partial charge in [-0.15, -0.1) is 0 Å². The summed E-state index contributed by atoms with van der Waals surface area (Å²) in [5.41, 5.74) is 1.90. The first-order valence-corrected chi connectivity index (χ1v) is 8.00. The minimum Gasteiger partial charge on any atom is -0.493 e. The van der Waals surface area contributed by atoms with Crippen LogP contribution in [0.15, 0.2) is 28.5 Å². The van der Waals surface area contributed by atoms with E-state index in [2.05, 4.69) is 36.5 Å². The number of nitrogens with zero attached hydrogens (tertiary/aromatic N) is 1. The van der Waals surface area contributed by atoms with Gasteiger partial charge in [-0.1, -0.05) is 25.1 Å². The van der Waals surface area contributed by atoms with Gasteiger partial charge in [0, 0.05) is 24.9 Å². The third-order valence-corrected chi connectivity index (χ3v) is 4.34. The Morgan fingerprint density at radius 3 is 2.78 bits per heavy atom. The second-order valence-corrected chi connectivity index (χ2v) is 6.60. The van der Waals surface area contributed by atoms with E-state index in [4.69, 9.17) is 9.26 Å². The van der Waals surface area contributed by atoms with Crippen molar-refractivity contribution in [2.75, 3.05) is 13.7 Å². The van der Waals surface area contributed by atoms with Gasteiger partial charge >= 0.3 is 0 Å². The maximum Gasteiger partial charge on any atom is 0.220 e.